The molecule has 6 aromatic heterocycles. The van der Waals surface area contributed by atoms with E-state index in [0.717, 1.165) is 62.7 Å². The largest absolute Gasteiger partial charge is 0.437 e. The number of piperidine rings is 2. The van der Waals surface area contributed by atoms with Gasteiger partial charge in [0.25, 0.3) is 18.0 Å². The Kier molecular flexibility index (Phi) is 29.3. The molecule has 0 bridgehead atoms. The number of carbonyl (C=O) groups is 6. The lowest BCUT2D eigenvalue weighted by Gasteiger charge is -2.35. The average molecular weight is 1790 g/mol. The number of hydrogen-bond donors (Lipinski definition) is 1. The second-order valence-corrected chi connectivity index (χ2v) is 32.2. The summed E-state index contributed by atoms with van der Waals surface area (Å²) in [6.45, 7) is 10.2. The number of ketones is 3. The lowest BCUT2D eigenvalue weighted by molar-refractivity contribution is -0.142. The number of amides is 3. The number of anilines is 6. The number of nitrogens with one attached hydrogen (secondary N) is 1. The van der Waals surface area contributed by atoms with Gasteiger partial charge in [0, 0.05) is 173 Å². The fraction of sp³-hybridized carbons (Fsp3) is 0.400. The monoisotopic (exact) mass is 1780 g/mol. The second-order valence-electron chi connectivity index (χ2n) is 31.8. The van der Waals surface area contributed by atoms with Crippen LogP contribution >= 0.6 is 11.6 Å². The maximum absolute atomic E-state index is 14.0. The van der Waals surface area contributed by atoms with Crippen LogP contribution in [0.2, 0.25) is 5.02 Å². The number of hydrogen-bond acceptors (Lipinski definition) is 22. The molecule has 4 aromatic carbocycles. The van der Waals surface area contributed by atoms with E-state index in [2.05, 4.69) is 40.1 Å². The Morgan fingerprint density at radius 3 is 1.09 bits per heavy atom. The van der Waals surface area contributed by atoms with Gasteiger partial charge in [0.15, 0.2) is 17.1 Å². The van der Waals surface area contributed by atoms with Crippen molar-refractivity contribution in [2.75, 3.05) is 148 Å². The zero-order chi connectivity index (χ0) is 89.5. The Bertz CT molecular complexity index is 5230. The number of alkyl halides is 9. The molecule has 0 aliphatic carbocycles. The van der Waals surface area contributed by atoms with E-state index < -0.39 is 81.9 Å². The smallest absolute Gasteiger partial charge is 0.420 e. The number of halogens is 12. The van der Waals surface area contributed by atoms with Crippen LogP contribution in [0.3, 0.4) is 0 Å². The van der Waals surface area contributed by atoms with Gasteiger partial charge in [0.1, 0.15) is 29.1 Å². The van der Waals surface area contributed by atoms with Crippen LogP contribution in [0.1, 0.15) is 133 Å². The molecular weight excluding hydrogens is 1690 g/mol. The van der Waals surface area contributed by atoms with Crippen molar-refractivity contribution < 1.29 is 90.3 Å². The van der Waals surface area contributed by atoms with E-state index in [9.17, 15) is 77.1 Å². The summed E-state index contributed by atoms with van der Waals surface area (Å²) in [7, 11) is 0. The lowest BCUT2D eigenvalue weighted by Crippen LogP contribution is -2.49. The molecule has 37 heteroatoms. The maximum atomic E-state index is 14.0. The first kappa shape index (κ1) is 90.9. The van der Waals surface area contributed by atoms with E-state index in [-0.39, 0.29) is 80.3 Å². The van der Waals surface area contributed by atoms with Crippen molar-refractivity contribution in [3.8, 4) is 0 Å². The standard InChI is InChI=1S/C34H34F4N6O3.C28H29ClF3N5O3.C28H29F4N5O3/c35-27-9-5-4-8-25(27)19-30(46)44-16-14-43(15-17-44)29-11-10-24(20-39-29)18-28(45)31-32(34(36,37)38)41-33(47-31)40-26-12-13-42(22-26)21-23-6-2-1-3-7-23;2*29-21-7-3-2-6-20(21)17-24(39)36-14-12-35(13-15-36)23-9-8-19(18-33-23)16-22(38)25-26(28(30,31)32)34-27(40-25)37-10-4-1-5-11-37/h1-11,20,26H,12-19,21-22H2,(H,40,41);2*2-3,6-9,18H,1,4-5,10-17H2. The van der Waals surface area contributed by atoms with E-state index in [1.54, 1.807) is 103 Å². The molecule has 6 fully saturated rings. The van der Waals surface area contributed by atoms with Gasteiger partial charge in [-0.3, -0.25) is 33.7 Å². The van der Waals surface area contributed by atoms with Crippen LogP contribution < -0.4 is 29.8 Å². The van der Waals surface area contributed by atoms with Crippen LogP contribution in [0.15, 0.2) is 171 Å². The lowest BCUT2D eigenvalue weighted by atomic mass is 10.1. The average Bonchev–Trinajstić information content (AvgIpc) is 1.65. The van der Waals surface area contributed by atoms with Crippen LogP contribution in [0.25, 0.3) is 0 Å². The highest BCUT2D eigenvalue weighted by Crippen LogP contribution is 2.39. The molecular formula is C90H92ClF11N16O9. The summed E-state index contributed by atoms with van der Waals surface area (Å²) in [6, 6.07) is 38.8. The van der Waals surface area contributed by atoms with Crippen molar-refractivity contribution in [3.63, 3.8) is 0 Å². The minimum absolute atomic E-state index is 0.00338. The van der Waals surface area contributed by atoms with Crippen molar-refractivity contribution in [3.05, 3.63) is 248 Å². The third-order valence-corrected chi connectivity index (χ3v) is 23.2. The van der Waals surface area contributed by atoms with Gasteiger partial charge in [-0.15, -0.1) is 0 Å². The molecule has 670 valence electrons. The molecule has 6 saturated heterocycles. The van der Waals surface area contributed by atoms with Gasteiger partial charge < -0.3 is 57.8 Å². The van der Waals surface area contributed by atoms with Crippen molar-refractivity contribution in [1.29, 1.82) is 0 Å². The number of benzene rings is 4. The number of carbonyl (C=O) groups excluding carboxylic acids is 6. The number of oxazole rings is 3. The van der Waals surface area contributed by atoms with E-state index in [1.165, 1.54) is 30.7 Å². The molecule has 6 aliphatic heterocycles. The van der Waals surface area contributed by atoms with Gasteiger partial charge in [-0.1, -0.05) is 115 Å². The number of likely N-dealkylation sites (tertiary alicyclic amines) is 1. The minimum Gasteiger partial charge on any atom is -0.420 e. The van der Waals surface area contributed by atoms with E-state index in [1.807, 2.05) is 63.2 Å². The quantitative estimate of drug-likeness (QED) is 0.0435. The first-order chi connectivity index (χ1) is 61.0. The summed E-state index contributed by atoms with van der Waals surface area (Å²) < 4.78 is 167. The molecule has 1 N–H and O–H groups in total. The number of nitrogens with zero attached hydrogens (tertiary/aromatic N) is 15. The maximum Gasteiger partial charge on any atom is 0.437 e. The van der Waals surface area contributed by atoms with E-state index in [0.29, 0.717) is 168 Å². The molecule has 1 unspecified atom stereocenters. The fourth-order valence-corrected chi connectivity index (χ4v) is 16.1. The Morgan fingerprint density at radius 1 is 0.370 bits per heavy atom. The van der Waals surface area contributed by atoms with Crippen molar-refractivity contribution >= 4 is 82.2 Å². The normalized spacial score (nSPS) is 16.7. The highest BCUT2D eigenvalue weighted by atomic mass is 35.5. The molecule has 10 aromatic rings. The molecule has 12 heterocycles. The Hall–Kier alpha value is -12.3. The molecule has 1 atom stereocenters. The van der Waals surface area contributed by atoms with E-state index in [4.69, 9.17) is 24.9 Å². The van der Waals surface area contributed by atoms with Gasteiger partial charge in [0.2, 0.25) is 52.4 Å². The van der Waals surface area contributed by atoms with Gasteiger partial charge in [-0.25, -0.2) is 23.7 Å². The molecule has 3 amide bonds. The third-order valence-electron chi connectivity index (χ3n) is 22.8. The summed E-state index contributed by atoms with van der Waals surface area (Å²) in [4.78, 5) is 118. The van der Waals surface area contributed by atoms with Crippen LogP contribution in [-0.4, -0.2) is 208 Å². The van der Waals surface area contributed by atoms with Gasteiger partial charge >= 0.3 is 18.5 Å². The molecule has 0 spiro atoms. The first-order valence-corrected chi connectivity index (χ1v) is 42.4. The van der Waals surface area contributed by atoms with Crippen LogP contribution in [0.4, 0.5) is 83.8 Å². The van der Waals surface area contributed by atoms with Crippen LogP contribution in [0, 0.1) is 11.6 Å². The SMILES string of the molecule is O=C(Cc1ccc(N2CCN(C(=O)Cc3ccccc3Cl)CC2)nc1)c1oc(N2CCCCC2)nc1C(F)(F)F.O=C(Cc1ccc(N2CCN(C(=O)Cc3ccccc3F)CC2)nc1)c1oc(N2CCCCC2)nc1C(F)(F)F.O=C(Cc1ccc(N2CCN(C(=O)Cc3ccccc3F)CC2)nc1)c1oc(NC2CCN(Cc3ccccc3)C2)nc1C(F)(F)F. The van der Waals surface area contributed by atoms with Gasteiger partial charge in [0.05, 0.1) is 19.3 Å². The molecule has 16 rings (SSSR count). The fourth-order valence-electron chi connectivity index (χ4n) is 15.9. The zero-order valence-electron chi connectivity index (χ0n) is 69.1. The predicted octanol–water partition coefficient (Wildman–Crippen LogP) is 14.8. The number of piperazine rings is 3. The molecule has 127 heavy (non-hydrogen) atoms. The second kappa shape index (κ2) is 41.0. The predicted molar refractivity (Wildman–Crippen MR) is 449 cm³/mol. The van der Waals surface area contributed by atoms with E-state index >= 15 is 0 Å². The summed E-state index contributed by atoms with van der Waals surface area (Å²) in [6.07, 6.45) is -4.86. The highest BCUT2D eigenvalue weighted by molar-refractivity contribution is 6.31. The summed E-state index contributed by atoms with van der Waals surface area (Å²) in [5.41, 5.74) is 0.0338. The molecule has 25 nitrogen and oxygen atoms in total. The van der Waals surface area contributed by atoms with Crippen molar-refractivity contribution in [2.45, 2.75) is 115 Å². The topological polar surface area (TPSA) is 260 Å². The minimum atomic E-state index is -4.87. The van der Waals surface area contributed by atoms with Gasteiger partial charge in [-0.2, -0.15) is 54.5 Å². The zero-order valence-corrected chi connectivity index (χ0v) is 69.9. The van der Waals surface area contributed by atoms with Crippen LogP contribution in [-0.2, 0) is 78.0 Å². The summed E-state index contributed by atoms with van der Waals surface area (Å²) in [5, 5.41) is 3.51. The van der Waals surface area contributed by atoms with Crippen molar-refractivity contribution in [2.24, 2.45) is 0 Å². The van der Waals surface area contributed by atoms with Gasteiger partial charge in [-0.05, 0) is 120 Å². The van der Waals surface area contributed by atoms with Crippen LogP contribution in [0.5, 0.6) is 0 Å². The third kappa shape index (κ3) is 23.9. The molecule has 0 radical (unpaired) electrons. The summed E-state index contributed by atoms with van der Waals surface area (Å²) >= 11 is 6.18. The highest BCUT2D eigenvalue weighted by Gasteiger charge is 2.45. The number of Topliss-reactive ketones (excluding diaryl/α,β-unsaturated/α-hetero) is 3. The number of pyridine rings is 3. The first-order valence-electron chi connectivity index (χ1n) is 42.0. The Balaban J connectivity index is 0.000000155. The number of rotatable bonds is 24. The number of aromatic nitrogens is 6. The Labute approximate surface area is 728 Å². The molecule has 6 aliphatic rings. The summed E-state index contributed by atoms with van der Waals surface area (Å²) in [5.74, 6) is -4.08. The van der Waals surface area contributed by atoms with Crippen molar-refractivity contribution in [1.82, 2.24) is 49.5 Å². The Morgan fingerprint density at radius 2 is 0.724 bits per heavy atom. The molecule has 0 saturated carbocycles.